The van der Waals surface area contributed by atoms with Crippen molar-refractivity contribution in [3.63, 3.8) is 0 Å². The summed E-state index contributed by atoms with van der Waals surface area (Å²) in [6, 6.07) is 10.7. The van der Waals surface area contributed by atoms with Gasteiger partial charge in [0.2, 0.25) is 0 Å². The first kappa shape index (κ1) is 12.2. The highest BCUT2D eigenvalue weighted by Gasteiger charge is 2.14. The van der Waals surface area contributed by atoms with Gasteiger partial charge in [0, 0.05) is 11.6 Å². The summed E-state index contributed by atoms with van der Waals surface area (Å²) in [6.07, 6.45) is 3.05. The van der Waals surface area contributed by atoms with Crippen LogP contribution in [-0.4, -0.2) is 16.1 Å². The van der Waals surface area contributed by atoms with Crippen LogP contribution in [-0.2, 0) is 6.61 Å². The van der Waals surface area contributed by atoms with Crippen LogP contribution in [0.1, 0.15) is 16.1 Å². The van der Waals surface area contributed by atoms with Crippen molar-refractivity contribution in [1.82, 2.24) is 4.98 Å². The van der Waals surface area contributed by atoms with E-state index in [0.29, 0.717) is 11.5 Å². The Balaban J connectivity index is 1.87. The number of aromatic carboxylic acids is 1. The molecule has 0 aliphatic carbocycles. The fourth-order valence-electron chi connectivity index (χ4n) is 1.99. The molecule has 0 aliphatic rings. The van der Waals surface area contributed by atoms with Gasteiger partial charge in [-0.25, -0.2) is 4.79 Å². The van der Waals surface area contributed by atoms with Gasteiger partial charge in [0.1, 0.15) is 17.9 Å². The molecule has 1 aromatic carbocycles. The zero-order valence-electron chi connectivity index (χ0n) is 10.4. The maximum absolute atomic E-state index is 11.0. The van der Waals surface area contributed by atoms with Gasteiger partial charge in [0.25, 0.3) is 0 Å². The van der Waals surface area contributed by atoms with E-state index in [4.69, 9.17) is 14.3 Å². The number of hydrogen-bond acceptors (Lipinski definition) is 4. The molecule has 0 aliphatic heterocycles. The molecular formula is C15H11NO4. The Bertz CT molecular complexity index is 758. The van der Waals surface area contributed by atoms with E-state index in [-0.39, 0.29) is 12.2 Å². The number of carboxylic acid groups (broad SMARTS) is 1. The Morgan fingerprint density at radius 2 is 2.15 bits per heavy atom. The minimum Gasteiger partial charge on any atom is -0.485 e. The van der Waals surface area contributed by atoms with Crippen molar-refractivity contribution in [3.05, 3.63) is 60.2 Å². The molecule has 3 aromatic rings. The molecule has 5 heteroatoms. The lowest BCUT2D eigenvalue weighted by atomic mass is 10.2. The molecule has 1 N–H and O–H groups in total. The lowest BCUT2D eigenvalue weighted by Gasteiger charge is -2.07. The van der Waals surface area contributed by atoms with E-state index in [9.17, 15) is 4.79 Å². The lowest BCUT2D eigenvalue weighted by molar-refractivity contribution is 0.0692. The summed E-state index contributed by atoms with van der Waals surface area (Å²) in [5.74, 6) is -0.0985. The van der Waals surface area contributed by atoms with Gasteiger partial charge < -0.3 is 14.3 Å². The highest BCUT2D eigenvalue weighted by molar-refractivity contribution is 5.88. The quantitative estimate of drug-likeness (QED) is 0.787. The van der Waals surface area contributed by atoms with Crippen LogP contribution >= 0.6 is 0 Å². The second kappa shape index (κ2) is 5.05. The van der Waals surface area contributed by atoms with Crippen LogP contribution in [0.25, 0.3) is 10.9 Å². The van der Waals surface area contributed by atoms with Crippen molar-refractivity contribution in [2.75, 3.05) is 0 Å². The molecule has 0 saturated heterocycles. The van der Waals surface area contributed by atoms with Crippen molar-refractivity contribution in [2.24, 2.45) is 0 Å². The van der Waals surface area contributed by atoms with E-state index < -0.39 is 5.97 Å². The summed E-state index contributed by atoms with van der Waals surface area (Å²) in [4.78, 5) is 15.2. The van der Waals surface area contributed by atoms with Gasteiger partial charge in [-0.3, -0.25) is 4.98 Å². The van der Waals surface area contributed by atoms with E-state index in [2.05, 4.69) is 4.98 Å². The molecule has 100 valence electrons. The minimum atomic E-state index is -1.03. The monoisotopic (exact) mass is 269 g/mol. The molecular weight excluding hydrogens is 258 g/mol. The molecule has 2 heterocycles. The first-order valence-corrected chi connectivity index (χ1v) is 6.02. The lowest BCUT2D eigenvalue weighted by Crippen LogP contribution is -2.02. The third-order valence-corrected chi connectivity index (χ3v) is 2.94. The fourth-order valence-corrected chi connectivity index (χ4v) is 1.99. The topological polar surface area (TPSA) is 72.6 Å². The highest BCUT2D eigenvalue weighted by atomic mass is 16.5. The van der Waals surface area contributed by atoms with Crippen molar-refractivity contribution >= 4 is 16.9 Å². The number of pyridine rings is 1. The molecule has 0 amide bonds. The van der Waals surface area contributed by atoms with E-state index in [1.165, 1.54) is 12.3 Å². The highest BCUT2D eigenvalue weighted by Crippen LogP contribution is 2.25. The fraction of sp³-hybridized carbons (Fsp3) is 0.0667. The Morgan fingerprint density at radius 3 is 3.00 bits per heavy atom. The zero-order valence-corrected chi connectivity index (χ0v) is 10.4. The van der Waals surface area contributed by atoms with Gasteiger partial charge in [-0.05, 0) is 30.3 Å². The summed E-state index contributed by atoms with van der Waals surface area (Å²) in [6.45, 7) is 0.0582. The van der Waals surface area contributed by atoms with Crippen LogP contribution in [0.5, 0.6) is 5.75 Å². The molecule has 0 atom stereocenters. The predicted octanol–water partition coefficient (Wildman–Crippen LogP) is 3.11. The number of carboxylic acids is 1. The molecule has 0 fully saturated rings. The average Bonchev–Trinajstić information content (AvgIpc) is 2.93. The zero-order chi connectivity index (χ0) is 13.9. The number of aromatic nitrogens is 1. The second-order valence-electron chi connectivity index (χ2n) is 4.18. The number of ether oxygens (including phenoxy) is 1. The van der Waals surface area contributed by atoms with E-state index in [1.54, 1.807) is 6.20 Å². The molecule has 0 saturated carbocycles. The molecule has 20 heavy (non-hydrogen) atoms. The molecule has 0 bridgehead atoms. The molecule has 0 unspecified atom stereocenters. The number of rotatable bonds is 4. The van der Waals surface area contributed by atoms with Crippen LogP contribution < -0.4 is 4.74 Å². The SMILES string of the molecule is O=C(O)c1ccoc1COc1cccc2ncccc12. The molecule has 2 aromatic heterocycles. The summed E-state index contributed by atoms with van der Waals surface area (Å²) in [5, 5.41) is 9.87. The Morgan fingerprint density at radius 1 is 1.25 bits per heavy atom. The first-order chi connectivity index (χ1) is 9.75. The van der Waals surface area contributed by atoms with Crippen LogP contribution in [0, 0.1) is 0 Å². The molecule has 0 radical (unpaired) electrons. The summed E-state index contributed by atoms with van der Waals surface area (Å²) in [5.41, 5.74) is 0.936. The van der Waals surface area contributed by atoms with Gasteiger partial charge in [0.15, 0.2) is 5.76 Å². The number of benzene rings is 1. The maximum Gasteiger partial charge on any atom is 0.339 e. The van der Waals surface area contributed by atoms with E-state index in [1.807, 2.05) is 30.3 Å². The van der Waals surface area contributed by atoms with E-state index in [0.717, 1.165) is 10.9 Å². The van der Waals surface area contributed by atoms with Gasteiger partial charge >= 0.3 is 5.97 Å². The minimum absolute atomic E-state index is 0.0582. The van der Waals surface area contributed by atoms with Gasteiger partial charge in [0.05, 0.1) is 11.8 Å². The van der Waals surface area contributed by atoms with Gasteiger partial charge in [-0.15, -0.1) is 0 Å². The number of furan rings is 1. The summed E-state index contributed by atoms with van der Waals surface area (Å²) >= 11 is 0. The normalized spacial score (nSPS) is 10.6. The predicted molar refractivity (Wildman–Crippen MR) is 71.7 cm³/mol. The molecule has 3 rings (SSSR count). The van der Waals surface area contributed by atoms with Crippen molar-refractivity contribution < 1.29 is 19.1 Å². The standard InChI is InChI=1S/C15H11NO4/c17-15(18)11-6-8-19-14(11)9-20-13-5-1-4-12-10(13)3-2-7-16-12/h1-8H,9H2,(H,17,18). The summed E-state index contributed by atoms with van der Waals surface area (Å²) in [7, 11) is 0. The Kier molecular flexibility index (Phi) is 3.09. The number of hydrogen-bond donors (Lipinski definition) is 1. The van der Waals surface area contributed by atoms with Crippen molar-refractivity contribution in [2.45, 2.75) is 6.61 Å². The third kappa shape index (κ3) is 2.21. The first-order valence-electron chi connectivity index (χ1n) is 6.02. The van der Waals surface area contributed by atoms with Crippen molar-refractivity contribution in [3.8, 4) is 5.75 Å². The van der Waals surface area contributed by atoms with Crippen LogP contribution in [0.4, 0.5) is 0 Å². The second-order valence-corrected chi connectivity index (χ2v) is 4.18. The number of fused-ring (bicyclic) bond motifs is 1. The molecule has 0 spiro atoms. The average molecular weight is 269 g/mol. The maximum atomic E-state index is 11.0. The largest absolute Gasteiger partial charge is 0.485 e. The van der Waals surface area contributed by atoms with Crippen LogP contribution in [0.2, 0.25) is 0 Å². The van der Waals surface area contributed by atoms with Gasteiger partial charge in [-0.1, -0.05) is 6.07 Å². The smallest absolute Gasteiger partial charge is 0.339 e. The Labute approximate surface area is 114 Å². The number of carbonyl (C=O) groups is 1. The van der Waals surface area contributed by atoms with Gasteiger partial charge in [-0.2, -0.15) is 0 Å². The third-order valence-electron chi connectivity index (χ3n) is 2.94. The molecule has 5 nitrogen and oxygen atoms in total. The summed E-state index contributed by atoms with van der Waals surface area (Å²) < 4.78 is 10.8. The van der Waals surface area contributed by atoms with Crippen LogP contribution in [0.15, 0.2) is 53.3 Å². The number of nitrogens with zero attached hydrogens (tertiary/aromatic N) is 1. The van der Waals surface area contributed by atoms with Crippen LogP contribution in [0.3, 0.4) is 0 Å². The van der Waals surface area contributed by atoms with Crippen molar-refractivity contribution in [1.29, 1.82) is 0 Å². The van der Waals surface area contributed by atoms with E-state index >= 15 is 0 Å². The Hall–Kier alpha value is -2.82.